The summed E-state index contributed by atoms with van der Waals surface area (Å²) in [6.45, 7) is 2.35. The Labute approximate surface area is 120 Å². The van der Waals surface area contributed by atoms with Gasteiger partial charge < -0.3 is 0 Å². The average Bonchev–Trinajstić information content (AvgIpc) is 2.42. The summed E-state index contributed by atoms with van der Waals surface area (Å²) in [5, 5.41) is 0. The largest absolute Gasteiger partial charge is 0.0888 e. The number of aryl methyl sites for hydroxylation is 1. The topological polar surface area (TPSA) is 0 Å². The zero-order chi connectivity index (χ0) is 12.8. The molecular weight excluding hydrogens is 284 g/mol. The lowest BCUT2D eigenvalue weighted by Crippen LogP contribution is -2.24. The van der Waals surface area contributed by atoms with Gasteiger partial charge in [0, 0.05) is 4.83 Å². The molecule has 1 aliphatic carbocycles. The van der Waals surface area contributed by atoms with Crippen molar-refractivity contribution in [2.24, 2.45) is 11.8 Å². The van der Waals surface area contributed by atoms with Crippen molar-refractivity contribution in [2.75, 3.05) is 0 Å². The second kappa shape index (κ2) is 7.33. The van der Waals surface area contributed by atoms with Crippen molar-refractivity contribution in [3.05, 3.63) is 35.9 Å². The number of hydrogen-bond donors (Lipinski definition) is 0. The van der Waals surface area contributed by atoms with Crippen LogP contribution in [0.1, 0.15) is 51.0 Å². The third-order valence-electron chi connectivity index (χ3n) is 4.46. The van der Waals surface area contributed by atoms with Gasteiger partial charge in [-0.25, -0.2) is 0 Å². The van der Waals surface area contributed by atoms with Gasteiger partial charge in [-0.2, -0.15) is 0 Å². The molecule has 0 N–H and O–H groups in total. The summed E-state index contributed by atoms with van der Waals surface area (Å²) in [6.07, 6.45) is 9.61. The molecule has 3 unspecified atom stereocenters. The molecule has 18 heavy (non-hydrogen) atoms. The summed E-state index contributed by atoms with van der Waals surface area (Å²) in [7, 11) is 0. The van der Waals surface area contributed by atoms with Crippen molar-refractivity contribution in [1.29, 1.82) is 0 Å². The fraction of sp³-hybridized carbons (Fsp3) is 0.647. The smallest absolute Gasteiger partial charge is 0.0174 e. The zero-order valence-corrected chi connectivity index (χ0v) is 13.0. The van der Waals surface area contributed by atoms with Crippen LogP contribution in [0.5, 0.6) is 0 Å². The lowest BCUT2D eigenvalue weighted by molar-refractivity contribution is 0.257. The SMILES string of the molecule is CCC1CCC(Br)C(CCCc2ccccc2)C1. The molecule has 1 aliphatic rings. The highest BCUT2D eigenvalue weighted by Gasteiger charge is 2.27. The minimum Gasteiger partial charge on any atom is -0.0888 e. The van der Waals surface area contributed by atoms with E-state index >= 15 is 0 Å². The van der Waals surface area contributed by atoms with Crippen LogP contribution in [-0.4, -0.2) is 4.83 Å². The molecule has 100 valence electrons. The molecule has 1 fully saturated rings. The van der Waals surface area contributed by atoms with E-state index in [1.807, 2.05) is 0 Å². The van der Waals surface area contributed by atoms with Crippen molar-refractivity contribution in [3.63, 3.8) is 0 Å². The van der Waals surface area contributed by atoms with Crippen molar-refractivity contribution in [1.82, 2.24) is 0 Å². The fourth-order valence-corrected chi connectivity index (χ4v) is 3.95. The van der Waals surface area contributed by atoms with Gasteiger partial charge in [0.05, 0.1) is 0 Å². The first-order chi connectivity index (χ1) is 8.79. The minimum absolute atomic E-state index is 0.774. The first-order valence-corrected chi connectivity index (χ1v) is 8.39. The Morgan fingerprint density at radius 2 is 1.94 bits per heavy atom. The Balaban J connectivity index is 1.75. The summed E-state index contributed by atoms with van der Waals surface area (Å²) in [6, 6.07) is 10.9. The van der Waals surface area contributed by atoms with E-state index in [1.165, 1.54) is 50.5 Å². The van der Waals surface area contributed by atoms with E-state index in [-0.39, 0.29) is 0 Å². The average molecular weight is 309 g/mol. The predicted octanol–water partition coefficient (Wildman–Crippen LogP) is 5.60. The van der Waals surface area contributed by atoms with Gasteiger partial charge >= 0.3 is 0 Å². The lowest BCUT2D eigenvalue weighted by atomic mass is 9.78. The van der Waals surface area contributed by atoms with Gasteiger partial charge in [0.15, 0.2) is 0 Å². The molecule has 0 aromatic heterocycles. The normalized spacial score (nSPS) is 28.2. The molecule has 0 heterocycles. The molecular formula is C17H25Br. The number of benzene rings is 1. The van der Waals surface area contributed by atoms with Crippen molar-refractivity contribution in [3.8, 4) is 0 Å². The van der Waals surface area contributed by atoms with E-state index in [4.69, 9.17) is 0 Å². The molecule has 0 nitrogen and oxygen atoms in total. The Morgan fingerprint density at radius 3 is 2.67 bits per heavy atom. The molecule has 3 atom stereocenters. The minimum atomic E-state index is 0.774. The van der Waals surface area contributed by atoms with Crippen LogP contribution in [0, 0.1) is 11.8 Å². The number of hydrogen-bond acceptors (Lipinski definition) is 0. The molecule has 0 radical (unpaired) electrons. The van der Waals surface area contributed by atoms with E-state index in [9.17, 15) is 0 Å². The summed E-state index contributed by atoms with van der Waals surface area (Å²) in [4.78, 5) is 0.774. The molecule has 0 amide bonds. The summed E-state index contributed by atoms with van der Waals surface area (Å²) >= 11 is 3.90. The summed E-state index contributed by atoms with van der Waals surface area (Å²) in [5.41, 5.74) is 1.49. The van der Waals surface area contributed by atoms with Gasteiger partial charge in [0.2, 0.25) is 0 Å². The molecule has 0 aliphatic heterocycles. The standard InChI is InChI=1S/C17H25Br/c1-2-14-11-12-17(18)16(13-14)10-6-9-15-7-4-3-5-8-15/h3-5,7-8,14,16-17H,2,6,9-13H2,1H3. The number of alkyl halides is 1. The van der Waals surface area contributed by atoms with Crippen LogP contribution in [0.3, 0.4) is 0 Å². The first-order valence-electron chi connectivity index (χ1n) is 7.47. The Kier molecular flexibility index (Phi) is 5.75. The third kappa shape index (κ3) is 4.12. The van der Waals surface area contributed by atoms with Crippen LogP contribution in [0.2, 0.25) is 0 Å². The summed E-state index contributed by atoms with van der Waals surface area (Å²) in [5.74, 6) is 1.90. The highest BCUT2D eigenvalue weighted by atomic mass is 79.9. The lowest BCUT2D eigenvalue weighted by Gasteiger charge is -2.33. The van der Waals surface area contributed by atoms with Crippen LogP contribution in [-0.2, 0) is 6.42 Å². The Morgan fingerprint density at radius 1 is 1.17 bits per heavy atom. The van der Waals surface area contributed by atoms with Crippen molar-refractivity contribution in [2.45, 2.75) is 56.7 Å². The van der Waals surface area contributed by atoms with Crippen LogP contribution in [0.25, 0.3) is 0 Å². The maximum Gasteiger partial charge on any atom is 0.0174 e. The van der Waals surface area contributed by atoms with Gasteiger partial charge in [-0.3, -0.25) is 0 Å². The zero-order valence-electron chi connectivity index (χ0n) is 11.4. The second-order valence-corrected chi connectivity index (χ2v) is 6.92. The van der Waals surface area contributed by atoms with Gasteiger partial charge in [-0.15, -0.1) is 0 Å². The molecule has 1 aromatic carbocycles. The van der Waals surface area contributed by atoms with Gasteiger partial charge in [-0.05, 0) is 55.9 Å². The van der Waals surface area contributed by atoms with Crippen LogP contribution < -0.4 is 0 Å². The molecule has 0 saturated heterocycles. The summed E-state index contributed by atoms with van der Waals surface area (Å²) < 4.78 is 0. The first kappa shape index (κ1) is 14.1. The fourth-order valence-electron chi connectivity index (χ4n) is 3.21. The predicted molar refractivity (Wildman–Crippen MR) is 83.2 cm³/mol. The molecule has 1 heteroatoms. The van der Waals surface area contributed by atoms with E-state index < -0.39 is 0 Å². The molecule has 2 rings (SSSR count). The molecule has 0 bridgehead atoms. The molecule has 1 saturated carbocycles. The van der Waals surface area contributed by atoms with E-state index in [1.54, 1.807) is 0 Å². The van der Waals surface area contributed by atoms with E-state index in [2.05, 4.69) is 53.2 Å². The Hall–Kier alpha value is -0.300. The van der Waals surface area contributed by atoms with E-state index in [0.29, 0.717) is 0 Å². The highest BCUT2D eigenvalue weighted by Crippen LogP contribution is 2.37. The van der Waals surface area contributed by atoms with E-state index in [0.717, 1.165) is 16.7 Å². The van der Waals surface area contributed by atoms with Gasteiger partial charge in [-0.1, -0.05) is 59.6 Å². The number of rotatable bonds is 5. The molecule has 1 aromatic rings. The molecule has 0 spiro atoms. The van der Waals surface area contributed by atoms with Crippen LogP contribution in [0.15, 0.2) is 30.3 Å². The maximum absolute atomic E-state index is 3.90. The van der Waals surface area contributed by atoms with Crippen LogP contribution >= 0.6 is 15.9 Å². The second-order valence-electron chi connectivity index (χ2n) is 5.74. The van der Waals surface area contributed by atoms with Gasteiger partial charge in [0.1, 0.15) is 0 Å². The van der Waals surface area contributed by atoms with Crippen molar-refractivity contribution >= 4 is 15.9 Å². The van der Waals surface area contributed by atoms with Crippen molar-refractivity contribution < 1.29 is 0 Å². The monoisotopic (exact) mass is 308 g/mol. The van der Waals surface area contributed by atoms with Gasteiger partial charge in [0.25, 0.3) is 0 Å². The Bertz CT molecular complexity index is 333. The highest BCUT2D eigenvalue weighted by molar-refractivity contribution is 9.09. The quantitative estimate of drug-likeness (QED) is 0.621. The van der Waals surface area contributed by atoms with Crippen LogP contribution in [0.4, 0.5) is 0 Å². The third-order valence-corrected chi connectivity index (χ3v) is 5.66. The maximum atomic E-state index is 3.90. The number of halogens is 1.